The van der Waals surface area contributed by atoms with Gasteiger partial charge in [0.15, 0.2) is 6.61 Å². The highest BCUT2D eigenvalue weighted by molar-refractivity contribution is 6.32. The summed E-state index contributed by atoms with van der Waals surface area (Å²) in [5, 5.41) is 3.69. The zero-order chi connectivity index (χ0) is 22.5. The molecule has 2 aromatic carbocycles. The van der Waals surface area contributed by atoms with Crippen molar-refractivity contribution in [1.29, 1.82) is 0 Å². The van der Waals surface area contributed by atoms with E-state index in [9.17, 15) is 14.4 Å². The summed E-state index contributed by atoms with van der Waals surface area (Å²) in [6.07, 6.45) is 0. The minimum absolute atomic E-state index is 0.0999. The highest BCUT2D eigenvalue weighted by atomic mass is 35.5. The van der Waals surface area contributed by atoms with E-state index >= 15 is 0 Å². The summed E-state index contributed by atoms with van der Waals surface area (Å²) in [5.41, 5.74) is 1.56. The third-order valence-electron chi connectivity index (χ3n) is 4.81. The molecule has 0 unspecified atom stereocenters. The van der Waals surface area contributed by atoms with Gasteiger partial charge in [-0.3, -0.25) is 9.59 Å². The van der Waals surface area contributed by atoms with Crippen molar-refractivity contribution < 1.29 is 18.7 Å². The molecule has 0 aliphatic carbocycles. The number of carbonyl (C=O) groups is 2. The molecule has 2 amide bonds. The molecule has 0 radical (unpaired) electrons. The molecule has 3 aromatic rings. The number of anilines is 1. The number of carbonyl (C=O) groups excluding carboxylic acids is 2. The van der Waals surface area contributed by atoms with Gasteiger partial charge < -0.3 is 19.4 Å². The first-order valence-electron chi connectivity index (χ1n) is 9.88. The van der Waals surface area contributed by atoms with Gasteiger partial charge in [0.25, 0.3) is 11.8 Å². The molecule has 0 aliphatic heterocycles. The highest BCUT2D eigenvalue weighted by Gasteiger charge is 2.14. The fourth-order valence-corrected chi connectivity index (χ4v) is 3.41. The lowest BCUT2D eigenvalue weighted by molar-refractivity contribution is -0.118. The molecular formula is C23H23ClN2O5. The number of amides is 2. The molecule has 0 saturated carbocycles. The molecule has 1 heterocycles. The summed E-state index contributed by atoms with van der Waals surface area (Å²) in [4.78, 5) is 38.1. The molecule has 0 aliphatic rings. The predicted octanol–water partition coefficient (Wildman–Crippen LogP) is 4.25. The van der Waals surface area contributed by atoms with Crippen LogP contribution in [0.2, 0.25) is 5.02 Å². The smallest absolute Gasteiger partial charge is 0.336 e. The SMILES string of the molecule is CCN(CC)C(=O)c1cccc(NC(=O)COc2cc3oc(=O)cc(C)c3cc2Cl)c1. The fraction of sp³-hybridized carbons (Fsp3) is 0.261. The topological polar surface area (TPSA) is 88.8 Å². The number of fused-ring (bicyclic) bond motifs is 1. The van der Waals surface area contributed by atoms with Crippen molar-refractivity contribution >= 4 is 40.1 Å². The van der Waals surface area contributed by atoms with Gasteiger partial charge in [0.1, 0.15) is 11.3 Å². The number of hydrogen-bond donors (Lipinski definition) is 1. The van der Waals surface area contributed by atoms with Gasteiger partial charge in [-0.15, -0.1) is 0 Å². The normalized spacial score (nSPS) is 10.7. The first kappa shape index (κ1) is 22.4. The van der Waals surface area contributed by atoms with E-state index in [0.29, 0.717) is 40.3 Å². The lowest BCUT2D eigenvalue weighted by atomic mass is 10.1. The number of rotatable bonds is 7. The maximum atomic E-state index is 12.5. The van der Waals surface area contributed by atoms with E-state index in [4.69, 9.17) is 20.8 Å². The Hall–Kier alpha value is -3.32. The van der Waals surface area contributed by atoms with E-state index in [1.807, 2.05) is 13.8 Å². The summed E-state index contributed by atoms with van der Waals surface area (Å²) < 4.78 is 10.7. The van der Waals surface area contributed by atoms with Crippen molar-refractivity contribution in [3.8, 4) is 5.75 Å². The highest BCUT2D eigenvalue weighted by Crippen LogP contribution is 2.31. The van der Waals surface area contributed by atoms with Crippen LogP contribution in [-0.2, 0) is 4.79 Å². The molecule has 0 bridgehead atoms. The van der Waals surface area contributed by atoms with Crippen molar-refractivity contribution in [2.45, 2.75) is 20.8 Å². The average Bonchev–Trinajstić information content (AvgIpc) is 2.74. The summed E-state index contributed by atoms with van der Waals surface area (Å²) >= 11 is 6.25. The third-order valence-corrected chi connectivity index (χ3v) is 5.10. The van der Waals surface area contributed by atoms with Crippen molar-refractivity contribution in [3.63, 3.8) is 0 Å². The monoisotopic (exact) mass is 442 g/mol. The van der Waals surface area contributed by atoms with E-state index in [1.54, 1.807) is 42.2 Å². The van der Waals surface area contributed by atoms with Gasteiger partial charge in [-0.1, -0.05) is 17.7 Å². The van der Waals surface area contributed by atoms with Crippen molar-refractivity contribution in [1.82, 2.24) is 4.90 Å². The lowest BCUT2D eigenvalue weighted by Crippen LogP contribution is -2.30. The standard InChI is InChI=1S/C23H23ClN2O5/c1-4-26(5-2)23(29)15-7-6-8-16(10-15)25-21(27)13-30-20-12-19-17(11-18(20)24)14(3)9-22(28)31-19/h6-12H,4-5,13H2,1-3H3,(H,25,27). The summed E-state index contributed by atoms with van der Waals surface area (Å²) in [6, 6.07) is 11.2. The van der Waals surface area contributed by atoms with Crippen LogP contribution in [0.1, 0.15) is 29.8 Å². The minimum Gasteiger partial charge on any atom is -0.482 e. The summed E-state index contributed by atoms with van der Waals surface area (Å²) in [5.74, 6) is -0.296. The zero-order valence-electron chi connectivity index (χ0n) is 17.5. The van der Waals surface area contributed by atoms with E-state index in [0.717, 1.165) is 5.56 Å². The molecule has 1 N–H and O–H groups in total. The first-order valence-corrected chi connectivity index (χ1v) is 10.3. The number of nitrogens with zero attached hydrogens (tertiary/aromatic N) is 1. The van der Waals surface area contributed by atoms with E-state index in [-0.39, 0.29) is 18.3 Å². The Balaban J connectivity index is 1.69. The molecule has 8 heteroatoms. The number of halogens is 1. The molecule has 0 saturated heterocycles. The molecule has 0 spiro atoms. The molecule has 31 heavy (non-hydrogen) atoms. The van der Waals surface area contributed by atoms with Gasteiger partial charge in [0.2, 0.25) is 0 Å². The summed E-state index contributed by atoms with van der Waals surface area (Å²) in [7, 11) is 0. The fourth-order valence-electron chi connectivity index (χ4n) is 3.19. The van der Waals surface area contributed by atoms with Crippen LogP contribution in [0, 0.1) is 6.92 Å². The molecule has 1 aromatic heterocycles. The maximum absolute atomic E-state index is 12.5. The van der Waals surface area contributed by atoms with Crippen LogP contribution in [0.25, 0.3) is 11.0 Å². The number of hydrogen-bond acceptors (Lipinski definition) is 5. The molecule has 0 atom stereocenters. The van der Waals surface area contributed by atoms with Gasteiger partial charge in [0.05, 0.1) is 5.02 Å². The second-order valence-electron chi connectivity index (χ2n) is 6.92. The van der Waals surface area contributed by atoms with Gasteiger partial charge in [-0.25, -0.2) is 4.79 Å². The second kappa shape index (κ2) is 9.66. The summed E-state index contributed by atoms with van der Waals surface area (Å²) in [6.45, 7) is 6.50. The Kier molecular flexibility index (Phi) is 6.97. The number of ether oxygens (including phenoxy) is 1. The van der Waals surface area contributed by atoms with E-state index in [2.05, 4.69) is 5.32 Å². The minimum atomic E-state index is -0.477. The van der Waals surface area contributed by atoms with Crippen molar-refractivity contribution in [2.75, 3.05) is 25.0 Å². The molecule has 162 valence electrons. The van der Waals surface area contributed by atoms with E-state index in [1.165, 1.54) is 12.1 Å². The van der Waals surface area contributed by atoms with Crippen LogP contribution in [0.4, 0.5) is 5.69 Å². The molecule has 7 nitrogen and oxygen atoms in total. The Labute approximate surface area is 184 Å². The third kappa shape index (κ3) is 5.24. The van der Waals surface area contributed by atoms with Gasteiger partial charge >= 0.3 is 5.63 Å². The van der Waals surface area contributed by atoms with Gasteiger partial charge in [0, 0.05) is 41.9 Å². The maximum Gasteiger partial charge on any atom is 0.336 e. The quantitative estimate of drug-likeness (QED) is 0.552. The Morgan fingerprint density at radius 3 is 2.58 bits per heavy atom. The van der Waals surface area contributed by atoms with E-state index < -0.39 is 11.5 Å². The second-order valence-corrected chi connectivity index (χ2v) is 7.33. The lowest BCUT2D eigenvalue weighted by Gasteiger charge is -2.19. The molecule has 0 fully saturated rings. The van der Waals surface area contributed by atoms with Crippen molar-refractivity contribution in [3.05, 3.63) is 69.0 Å². The number of benzene rings is 2. The zero-order valence-corrected chi connectivity index (χ0v) is 18.3. The first-order chi connectivity index (χ1) is 14.8. The van der Waals surface area contributed by atoms with Gasteiger partial charge in [-0.05, 0) is 50.6 Å². The molecular weight excluding hydrogens is 420 g/mol. The average molecular weight is 443 g/mol. The van der Waals surface area contributed by atoms with Gasteiger partial charge in [-0.2, -0.15) is 0 Å². The van der Waals surface area contributed by atoms with Crippen molar-refractivity contribution in [2.24, 2.45) is 0 Å². The molecule has 3 rings (SSSR count). The Morgan fingerprint density at radius 2 is 1.87 bits per heavy atom. The van der Waals surface area contributed by atoms with Crippen LogP contribution in [0.15, 0.2) is 51.7 Å². The Morgan fingerprint density at radius 1 is 1.13 bits per heavy atom. The number of aryl methyl sites for hydroxylation is 1. The predicted molar refractivity (Wildman–Crippen MR) is 120 cm³/mol. The van der Waals surface area contributed by atoms with Crippen LogP contribution in [0.5, 0.6) is 5.75 Å². The number of nitrogens with one attached hydrogen (secondary N) is 1. The van der Waals surface area contributed by atoms with Crippen LogP contribution >= 0.6 is 11.6 Å². The van der Waals surface area contributed by atoms with Crippen LogP contribution in [-0.4, -0.2) is 36.4 Å². The largest absolute Gasteiger partial charge is 0.482 e. The van der Waals surface area contributed by atoms with Crippen LogP contribution in [0.3, 0.4) is 0 Å². The Bertz CT molecular complexity index is 1180. The van der Waals surface area contributed by atoms with Crippen LogP contribution < -0.4 is 15.7 Å².